The molecule has 5 nitrogen and oxygen atoms in total. The number of benzene rings is 1. The number of rotatable bonds is 4. The number of hydrogen-bond donors (Lipinski definition) is 2. The van der Waals surface area contributed by atoms with Crippen molar-refractivity contribution in [3.05, 3.63) is 47.8 Å². The highest BCUT2D eigenvalue weighted by Gasteiger charge is 2.12. The monoisotopic (exact) mass is 248 g/mol. The molecule has 2 aromatic rings. The van der Waals surface area contributed by atoms with Crippen LogP contribution in [0, 0.1) is 5.82 Å². The van der Waals surface area contributed by atoms with Gasteiger partial charge in [0.15, 0.2) is 0 Å². The van der Waals surface area contributed by atoms with Gasteiger partial charge in [0.25, 0.3) is 0 Å². The number of hydrogen-bond acceptors (Lipinski definition) is 5. The summed E-state index contributed by atoms with van der Waals surface area (Å²) >= 11 is 0. The van der Waals surface area contributed by atoms with Crippen LogP contribution in [0.5, 0.6) is 5.88 Å². The first-order chi connectivity index (χ1) is 8.69. The SMILES string of the molecule is NCC(Oc1ccc(N)nn1)c1ccc(F)cc1. The molecule has 1 aromatic carbocycles. The number of nitrogens with two attached hydrogens (primary N) is 2. The summed E-state index contributed by atoms with van der Waals surface area (Å²) in [5.41, 5.74) is 11.8. The van der Waals surface area contributed by atoms with Crippen LogP contribution in [0.15, 0.2) is 36.4 Å². The van der Waals surface area contributed by atoms with Crippen LogP contribution in [0.2, 0.25) is 0 Å². The van der Waals surface area contributed by atoms with E-state index in [1.54, 1.807) is 24.3 Å². The van der Waals surface area contributed by atoms with Crippen molar-refractivity contribution in [2.24, 2.45) is 5.73 Å². The number of halogens is 1. The summed E-state index contributed by atoms with van der Waals surface area (Å²) in [4.78, 5) is 0. The highest BCUT2D eigenvalue weighted by molar-refractivity contribution is 5.28. The Balaban J connectivity index is 2.14. The Morgan fingerprint density at radius 2 is 1.83 bits per heavy atom. The Morgan fingerprint density at radius 1 is 1.11 bits per heavy atom. The molecule has 1 aromatic heterocycles. The van der Waals surface area contributed by atoms with Crippen molar-refractivity contribution in [1.29, 1.82) is 0 Å². The molecule has 18 heavy (non-hydrogen) atoms. The lowest BCUT2D eigenvalue weighted by atomic mass is 10.1. The number of nitrogens with zero attached hydrogens (tertiary/aromatic N) is 2. The van der Waals surface area contributed by atoms with Crippen LogP contribution < -0.4 is 16.2 Å². The molecule has 0 saturated heterocycles. The summed E-state index contributed by atoms with van der Waals surface area (Å²) in [5, 5.41) is 7.46. The summed E-state index contributed by atoms with van der Waals surface area (Å²) in [5.74, 6) is 0.333. The fraction of sp³-hybridized carbons (Fsp3) is 0.167. The van der Waals surface area contributed by atoms with E-state index >= 15 is 0 Å². The number of aromatic nitrogens is 2. The minimum absolute atomic E-state index is 0.248. The maximum atomic E-state index is 12.8. The fourth-order valence-electron chi connectivity index (χ4n) is 1.47. The molecule has 0 aliphatic heterocycles. The Bertz CT molecular complexity index is 500. The second-order valence-electron chi connectivity index (χ2n) is 3.69. The lowest BCUT2D eigenvalue weighted by molar-refractivity contribution is 0.203. The molecular weight excluding hydrogens is 235 g/mol. The molecule has 0 amide bonds. The standard InChI is InChI=1S/C12H13FN4O/c13-9-3-1-8(2-4-9)10(7-14)18-12-6-5-11(15)16-17-12/h1-6,10H,7,14H2,(H2,15,16). The van der Waals surface area contributed by atoms with E-state index in [4.69, 9.17) is 16.2 Å². The molecule has 0 spiro atoms. The van der Waals surface area contributed by atoms with Gasteiger partial charge in [0.1, 0.15) is 17.7 Å². The topological polar surface area (TPSA) is 87.0 Å². The maximum Gasteiger partial charge on any atom is 0.234 e. The molecule has 2 rings (SSSR count). The van der Waals surface area contributed by atoms with Crippen LogP contribution >= 0.6 is 0 Å². The molecule has 0 radical (unpaired) electrons. The van der Waals surface area contributed by atoms with Gasteiger partial charge in [0.2, 0.25) is 5.88 Å². The van der Waals surface area contributed by atoms with Gasteiger partial charge in [-0.2, -0.15) is 0 Å². The van der Waals surface area contributed by atoms with Crippen molar-refractivity contribution in [3.63, 3.8) is 0 Å². The molecule has 0 fully saturated rings. The minimum Gasteiger partial charge on any atom is -0.467 e. The van der Waals surface area contributed by atoms with Crippen LogP contribution in [0.1, 0.15) is 11.7 Å². The third-order valence-electron chi connectivity index (χ3n) is 2.38. The lowest BCUT2D eigenvalue weighted by Gasteiger charge is -2.16. The van der Waals surface area contributed by atoms with Crippen molar-refractivity contribution in [1.82, 2.24) is 10.2 Å². The molecule has 0 aliphatic rings. The van der Waals surface area contributed by atoms with E-state index in [0.29, 0.717) is 11.7 Å². The number of anilines is 1. The van der Waals surface area contributed by atoms with Crippen molar-refractivity contribution < 1.29 is 9.13 Å². The first-order valence-corrected chi connectivity index (χ1v) is 5.40. The maximum absolute atomic E-state index is 12.8. The van der Waals surface area contributed by atoms with E-state index in [1.807, 2.05) is 0 Å². The van der Waals surface area contributed by atoms with Gasteiger partial charge in [-0.05, 0) is 23.8 Å². The molecule has 1 unspecified atom stereocenters. The Kier molecular flexibility index (Phi) is 3.69. The molecule has 94 valence electrons. The predicted molar refractivity (Wildman–Crippen MR) is 65.3 cm³/mol. The van der Waals surface area contributed by atoms with E-state index in [1.165, 1.54) is 12.1 Å². The van der Waals surface area contributed by atoms with E-state index in [0.717, 1.165) is 5.56 Å². The van der Waals surface area contributed by atoms with Gasteiger partial charge in [-0.15, -0.1) is 10.2 Å². The summed E-state index contributed by atoms with van der Waals surface area (Å²) in [6.07, 6.45) is -0.400. The average molecular weight is 248 g/mol. The van der Waals surface area contributed by atoms with Crippen molar-refractivity contribution in [2.45, 2.75) is 6.10 Å². The average Bonchev–Trinajstić information content (AvgIpc) is 2.39. The summed E-state index contributed by atoms with van der Waals surface area (Å²) < 4.78 is 18.4. The van der Waals surface area contributed by atoms with Gasteiger partial charge >= 0.3 is 0 Å². The quantitative estimate of drug-likeness (QED) is 0.851. The van der Waals surface area contributed by atoms with Gasteiger partial charge in [0.05, 0.1) is 0 Å². The third kappa shape index (κ3) is 2.92. The molecule has 0 bridgehead atoms. The normalized spacial score (nSPS) is 12.1. The van der Waals surface area contributed by atoms with Gasteiger partial charge in [-0.1, -0.05) is 12.1 Å². The minimum atomic E-state index is -0.400. The zero-order valence-electron chi connectivity index (χ0n) is 9.58. The Morgan fingerprint density at radius 3 is 2.39 bits per heavy atom. The number of nitrogen functional groups attached to an aromatic ring is 1. The molecule has 6 heteroatoms. The van der Waals surface area contributed by atoms with Gasteiger partial charge < -0.3 is 16.2 Å². The van der Waals surface area contributed by atoms with E-state index in [-0.39, 0.29) is 12.4 Å². The first kappa shape index (κ1) is 12.3. The summed E-state index contributed by atoms with van der Waals surface area (Å²) in [6.45, 7) is 0.248. The van der Waals surface area contributed by atoms with Crippen LogP contribution in [0.4, 0.5) is 10.2 Å². The zero-order valence-corrected chi connectivity index (χ0v) is 9.58. The summed E-state index contributed by atoms with van der Waals surface area (Å²) in [7, 11) is 0. The number of ether oxygens (including phenoxy) is 1. The summed E-state index contributed by atoms with van der Waals surface area (Å²) in [6, 6.07) is 9.15. The third-order valence-corrected chi connectivity index (χ3v) is 2.38. The van der Waals surface area contributed by atoms with Crippen molar-refractivity contribution in [3.8, 4) is 5.88 Å². The highest BCUT2D eigenvalue weighted by Crippen LogP contribution is 2.19. The van der Waals surface area contributed by atoms with Crippen LogP contribution in [0.25, 0.3) is 0 Å². The van der Waals surface area contributed by atoms with Crippen LogP contribution in [0.3, 0.4) is 0 Å². The smallest absolute Gasteiger partial charge is 0.234 e. The zero-order chi connectivity index (χ0) is 13.0. The second kappa shape index (κ2) is 5.42. The van der Waals surface area contributed by atoms with E-state index < -0.39 is 6.10 Å². The molecule has 1 heterocycles. The lowest BCUT2D eigenvalue weighted by Crippen LogP contribution is -2.19. The van der Waals surface area contributed by atoms with Crippen molar-refractivity contribution in [2.75, 3.05) is 12.3 Å². The van der Waals surface area contributed by atoms with E-state index in [9.17, 15) is 4.39 Å². The van der Waals surface area contributed by atoms with Crippen LogP contribution in [-0.2, 0) is 0 Å². The van der Waals surface area contributed by atoms with Gasteiger partial charge in [-0.25, -0.2) is 4.39 Å². The second-order valence-corrected chi connectivity index (χ2v) is 3.69. The van der Waals surface area contributed by atoms with E-state index in [2.05, 4.69) is 10.2 Å². The van der Waals surface area contributed by atoms with Crippen molar-refractivity contribution >= 4 is 5.82 Å². The predicted octanol–water partition coefficient (Wildman–Crippen LogP) is 1.28. The molecular formula is C12H13FN4O. The molecule has 0 aliphatic carbocycles. The highest BCUT2D eigenvalue weighted by atomic mass is 19.1. The molecule has 1 atom stereocenters. The molecule has 4 N–H and O–H groups in total. The first-order valence-electron chi connectivity index (χ1n) is 5.40. The largest absolute Gasteiger partial charge is 0.467 e. The molecule has 0 saturated carbocycles. The Hall–Kier alpha value is -2.21. The Labute approximate surface area is 104 Å². The fourth-order valence-corrected chi connectivity index (χ4v) is 1.47. The van der Waals surface area contributed by atoms with Gasteiger partial charge in [0, 0.05) is 12.6 Å². The van der Waals surface area contributed by atoms with Crippen LogP contribution in [-0.4, -0.2) is 16.7 Å². The van der Waals surface area contributed by atoms with Gasteiger partial charge in [-0.3, -0.25) is 0 Å².